The number of aryl methyl sites for hydroxylation is 1. The number of hydrogen-bond donors (Lipinski definition) is 1. The quantitative estimate of drug-likeness (QED) is 0.408. The number of amides is 1. The molecule has 3 aromatic carbocycles. The number of nitrogens with zero attached hydrogens (tertiary/aromatic N) is 2. The monoisotopic (exact) mass is 455 g/mol. The van der Waals surface area contributed by atoms with E-state index in [0.717, 1.165) is 15.9 Å². The lowest BCUT2D eigenvalue weighted by Crippen LogP contribution is -2.38. The number of carbonyl (C=O) groups excluding carboxylic acids is 1. The Morgan fingerprint density at radius 1 is 1.06 bits per heavy atom. The molecule has 0 aliphatic rings. The Bertz CT molecular complexity index is 1240. The highest BCUT2D eigenvalue weighted by molar-refractivity contribution is 7.92. The van der Waals surface area contributed by atoms with Gasteiger partial charge in [0.25, 0.3) is 15.7 Å². The number of nitrogens with one attached hydrogen (secondary N) is 1. The number of carbonyl (C=O) groups is 1. The van der Waals surface area contributed by atoms with Gasteiger partial charge in [-0.2, -0.15) is 0 Å². The van der Waals surface area contributed by atoms with Crippen LogP contribution in [0.4, 0.5) is 17.1 Å². The summed E-state index contributed by atoms with van der Waals surface area (Å²) in [5.41, 5.74) is 0.929. The zero-order chi connectivity index (χ0) is 23.3. The zero-order valence-electron chi connectivity index (χ0n) is 17.4. The van der Waals surface area contributed by atoms with Gasteiger partial charge in [-0.05, 0) is 37.3 Å². The van der Waals surface area contributed by atoms with Crippen molar-refractivity contribution in [1.29, 1.82) is 0 Å². The molecule has 0 aliphatic heterocycles. The Kier molecular flexibility index (Phi) is 6.74. The first kappa shape index (κ1) is 22.8. The zero-order valence-corrected chi connectivity index (χ0v) is 18.2. The Balaban J connectivity index is 2.00. The van der Waals surface area contributed by atoms with Gasteiger partial charge in [-0.15, -0.1) is 0 Å². The van der Waals surface area contributed by atoms with Crippen molar-refractivity contribution >= 4 is 33.0 Å². The minimum absolute atomic E-state index is 0.00467. The van der Waals surface area contributed by atoms with E-state index in [9.17, 15) is 23.3 Å². The van der Waals surface area contributed by atoms with Gasteiger partial charge in [0.1, 0.15) is 12.3 Å². The molecule has 1 N–H and O–H groups in total. The Morgan fingerprint density at radius 3 is 2.41 bits per heavy atom. The summed E-state index contributed by atoms with van der Waals surface area (Å²) in [5, 5.41) is 13.8. The van der Waals surface area contributed by atoms with Crippen LogP contribution < -0.4 is 14.4 Å². The van der Waals surface area contributed by atoms with E-state index in [0.29, 0.717) is 11.4 Å². The number of nitro groups is 1. The van der Waals surface area contributed by atoms with Crippen molar-refractivity contribution in [3.8, 4) is 5.75 Å². The van der Waals surface area contributed by atoms with Crippen LogP contribution in [-0.2, 0) is 14.8 Å². The van der Waals surface area contributed by atoms with Gasteiger partial charge in [0.2, 0.25) is 5.91 Å². The van der Waals surface area contributed by atoms with Gasteiger partial charge in [-0.25, -0.2) is 8.42 Å². The van der Waals surface area contributed by atoms with Gasteiger partial charge in [0.15, 0.2) is 0 Å². The fourth-order valence-corrected chi connectivity index (χ4v) is 4.40. The van der Waals surface area contributed by atoms with E-state index in [4.69, 9.17) is 4.74 Å². The molecular weight excluding hydrogens is 434 g/mol. The maximum atomic E-state index is 13.4. The first-order valence-electron chi connectivity index (χ1n) is 9.49. The molecule has 166 valence electrons. The SMILES string of the molecule is COc1ccccc1NC(=O)CN(c1cccc([N+](=O)[O-])c1)S(=O)(=O)c1ccc(C)cc1. The average molecular weight is 455 g/mol. The van der Waals surface area contributed by atoms with Crippen molar-refractivity contribution < 1.29 is 22.9 Å². The number of benzene rings is 3. The molecule has 0 spiro atoms. The Morgan fingerprint density at radius 2 is 1.75 bits per heavy atom. The molecule has 0 aromatic heterocycles. The van der Waals surface area contributed by atoms with Crippen LogP contribution in [0.2, 0.25) is 0 Å². The molecule has 10 heteroatoms. The molecule has 0 saturated carbocycles. The standard InChI is InChI=1S/C22H21N3O6S/c1-16-10-12-19(13-11-16)32(29,30)24(17-6-5-7-18(14-17)25(27)28)15-22(26)23-20-8-3-4-9-21(20)31-2/h3-14H,15H2,1-2H3,(H,23,26). The number of rotatable bonds is 8. The molecule has 0 atom stereocenters. The van der Waals surface area contributed by atoms with Crippen LogP contribution in [0.15, 0.2) is 77.7 Å². The third kappa shape index (κ3) is 5.03. The largest absolute Gasteiger partial charge is 0.495 e. The highest BCUT2D eigenvalue weighted by Crippen LogP contribution is 2.28. The molecule has 0 fully saturated rings. The van der Waals surface area contributed by atoms with Gasteiger partial charge in [-0.1, -0.05) is 35.9 Å². The lowest BCUT2D eigenvalue weighted by atomic mass is 10.2. The second kappa shape index (κ2) is 9.48. The van der Waals surface area contributed by atoms with Gasteiger partial charge < -0.3 is 10.1 Å². The number of para-hydroxylation sites is 2. The molecule has 0 unspecified atom stereocenters. The number of nitro benzene ring substituents is 1. The molecule has 3 rings (SSSR count). The van der Waals surface area contributed by atoms with Crippen molar-refractivity contribution in [3.05, 3.63) is 88.5 Å². The van der Waals surface area contributed by atoms with Gasteiger partial charge in [0.05, 0.1) is 28.3 Å². The normalized spacial score (nSPS) is 10.9. The maximum absolute atomic E-state index is 13.4. The lowest BCUT2D eigenvalue weighted by Gasteiger charge is -2.24. The third-order valence-electron chi connectivity index (χ3n) is 4.61. The van der Waals surface area contributed by atoms with Crippen LogP contribution in [0.5, 0.6) is 5.75 Å². The number of anilines is 2. The van der Waals surface area contributed by atoms with E-state index in [2.05, 4.69) is 5.32 Å². The molecule has 0 heterocycles. The highest BCUT2D eigenvalue weighted by atomic mass is 32.2. The van der Waals surface area contributed by atoms with Crippen LogP contribution in [0.25, 0.3) is 0 Å². The molecule has 1 amide bonds. The summed E-state index contributed by atoms with van der Waals surface area (Å²) in [7, 11) is -2.75. The molecule has 0 radical (unpaired) electrons. The van der Waals surface area contributed by atoms with Gasteiger partial charge in [-0.3, -0.25) is 19.2 Å². The van der Waals surface area contributed by atoms with Crippen molar-refractivity contribution in [2.75, 3.05) is 23.3 Å². The molecule has 0 bridgehead atoms. The summed E-state index contributed by atoms with van der Waals surface area (Å²) in [5.74, 6) is -0.235. The first-order chi connectivity index (χ1) is 15.2. The van der Waals surface area contributed by atoms with Crippen molar-refractivity contribution in [1.82, 2.24) is 0 Å². The Hall–Kier alpha value is -3.92. The lowest BCUT2D eigenvalue weighted by molar-refractivity contribution is -0.384. The van der Waals surface area contributed by atoms with Crippen LogP contribution in [-0.4, -0.2) is 32.9 Å². The molecule has 9 nitrogen and oxygen atoms in total. The molecule has 3 aromatic rings. The van der Waals surface area contributed by atoms with E-state index in [1.165, 1.54) is 37.4 Å². The van der Waals surface area contributed by atoms with Gasteiger partial charge >= 0.3 is 0 Å². The third-order valence-corrected chi connectivity index (χ3v) is 6.39. The van der Waals surface area contributed by atoms with Crippen LogP contribution >= 0.6 is 0 Å². The van der Waals surface area contributed by atoms with E-state index >= 15 is 0 Å². The smallest absolute Gasteiger partial charge is 0.271 e. The average Bonchev–Trinajstić information content (AvgIpc) is 2.78. The summed E-state index contributed by atoms with van der Waals surface area (Å²) >= 11 is 0. The van der Waals surface area contributed by atoms with Gasteiger partial charge in [0, 0.05) is 12.1 Å². The molecule has 32 heavy (non-hydrogen) atoms. The summed E-state index contributed by atoms with van der Waals surface area (Å²) in [6.07, 6.45) is 0. The number of ether oxygens (including phenoxy) is 1. The van der Waals surface area contributed by atoms with Crippen LogP contribution in [0.1, 0.15) is 5.56 Å². The predicted octanol–water partition coefficient (Wildman–Crippen LogP) is 3.75. The molecular formula is C22H21N3O6S. The number of hydrogen-bond acceptors (Lipinski definition) is 6. The number of non-ortho nitro benzene ring substituents is 1. The second-order valence-electron chi connectivity index (χ2n) is 6.85. The minimum atomic E-state index is -4.20. The van der Waals surface area contributed by atoms with Crippen LogP contribution in [0.3, 0.4) is 0 Å². The summed E-state index contributed by atoms with van der Waals surface area (Å²) in [6.45, 7) is 1.21. The fourth-order valence-electron chi connectivity index (χ4n) is 2.98. The summed E-state index contributed by atoms with van der Waals surface area (Å²) in [6, 6.07) is 17.9. The van der Waals surface area contributed by atoms with E-state index in [1.807, 2.05) is 6.92 Å². The van der Waals surface area contributed by atoms with Crippen molar-refractivity contribution in [2.24, 2.45) is 0 Å². The number of sulfonamides is 1. The van der Waals surface area contributed by atoms with Crippen molar-refractivity contribution in [3.63, 3.8) is 0 Å². The second-order valence-corrected chi connectivity index (χ2v) is 8.71. The van der Waals surface area contributed by atoms with E-state index < -0.39 is 27.4 Å². The molecule has 0 aliphatic carbocycles. The summed E-state index contributed by atoms with van der Waals surface area (Å²) in [4.78, 5) is 23.3. The number of methoxy groups -OCH3 is 1. The molecule has 0 saturated heterocycles. The van der Waals surface area contributed by atoms with E-state index in [1.54, 1.807) is 36.4 Å². The Labute approximate surface area is 185 Å². The minimum Gasteiger partial charge on any atom is -0.495 e. The topological polar surface area (TPSA) is 119 Å². The highest BCUT2D eigenvalue weighted by Gasteiger charge is 2.28. The predicted molar refractivity (Wildman–Crippen MR) is 120 cm³/mol. The first-order valence-corrected chi connectivity index (χ1v) is 10.9. The summed E-state index contributed by atoms with van der Waals surface area (Å²) < 4.78 is 32.8. The maximum Gasteiger partial charge on any atom is 0.271 e. The fraction of sp³-hybridized carbons (Fsp3) is 0.136. The van der Waals surface area contributed by atoms with E-state index in [-0.39, 0.29) is 16.3 Å². The van der Waals surface area contributed by atoms with Crippen LogP contribution in [0, 0.1) is 17.0 Å². The van der Waals surface area contributed by atoms with Crippen molar-refractivity contribution in [2.45, 2.75) is 11.8 Å².